The number of hydrogen-bond acceptors (Lipinski definition) is 5. The van der Waals surface area contributed by atoms with E-state index < -0.39 is 19.9 Å². The molecule has 29 heavy (non-hydrogen) atoms. The van der Waals surface area contributed by atoms with Crippen LogP contribution in [0.25, 0.3) is 0 Å². The fourth-order valence-corrected chi connectivity index (χ4v) is 5.81. The molecule has 0 aromatic heterocycles. The van der Waals surface area contributed by atoms with Gasteiger partial charge in [0.05, 0.1) is 15.5 Å². The average Bonchev–Trinajstić information content (AvgIpc) is 2.96. The molecule has 0 radical (unpaired) electrons. The Morgan fingerprint density at radius 3 is 2.07 bits per heavy atom. The smallest absolute Gasteiger partial charge is 0.243 e. The Hall–Kier alpha value is -1.45. The third-order valence-corrected chi connectivity index (χ3v) is 8.98. The Morgan fingerprint density at radius 1 is 0.828 bits per heavy atom. The van der Waals surface area contributed by atoms with Crippen LogP contribution in [-0.2, 0) is 26.4 Å². The van der Waals surface area contributed by atoms with Crippen molar-refractivity contribution in [2.24, 2.45) is 0 Å². The molecule has 0 N–H and O–H groups in total. The molecule has 1 aliphatic heterocycles. The van der Waals surface area contributed by atoms with E-state index in [0.29, 0.717) is 24.7 Å². The first kappa shape index (κ1) is 22.2. The molecule has 0 atom stereocenters. The minimum atomic E-state index is -3.66. The molecule has 1 fully saturated rings. The number of sulfone groups is 1. The lowest BCUT2D eigenvalue weighted by Crippen LogP contribution is -2.35. The summed E-state index contributed by atoms with van der Waals surface area (Å²) in [4.78, 5) is 2.50. The van der Waals surface area contributed by atoms with Gasteiger partial charge in [-0.05, 0) is 54.9 Å². The van der Waals surface area contributed by atoms with Gasteiger partial charge in [0.25, 0.3) is 0 Å². The highest BCUT2D eigenvalue weighted by Gasteiger charge is 2.27. The Morgan fingerprint density at radius 2 is 1.45 bits per heavy atom. The van der Waals surface area contributed by atoms with Crippen LogP contribution in [0.2, 0.25) is 5.02 Å². The number of nitrogens with zero attached hydrogens (tertiary/aromatic N) is 2. The molecule has 9 heteroatoms. The summed E-state index contributed by atoms with van der Waals surface area (Å²) in [6.07, 6.45) is 0.731. The molecule has 1 saturated heterocycles. The highest BCUT2D eigenvalue weighted by Crippen LogP contribution is 2.21. The molecule has 158 valence electrons. The van der Waals surface area contributed by atoms with Gasteiger partial charge in [0.15, 0.2) is 9.84 Å². The number of rotatable bonds is 6. The quantitative estimate of drug-likeness (QED) is 0.667. The molecule has 0 unspecified atom stereocenters. The van der Waals surface area contributed by atoms with Gasteiger partial charge in [0.2, 0.25) is 10.0 Å². The zero-order valence-electron chi connectivity index (χ0n) is 16.3. The first-order valence-corrected chi connectivity index (χ1v) is 13.0. The van der Waals surface area contributed by atoms with E-state index >= 15 is 0 Å². The molecule has 0 spiro atoms. The maximum Gasteiger partial charge on any atom is 0.243 e. The summed E-state index contributed by atoms with van der Waals surface area (Å²) in [7, 11) is -7.02. The van der Waals surface area contributed by atoms with Gasteiger partial charge in [-0.2, -0.15) is 4.31 Å². The maximum atomic E-state index is 13.0. The van der Waals surface area contributed by atoms with Gasteiger partial charge in [-0.1, -0.05) is 30.7 Å². The second-order valence-corrected chi connectivity index (χ2v) is 11.7. The van der Waals surface area contributed by atoms with E-state index in [1.165, 1.54) is 28.6 Å². The Balaban J connectivity index is 1.69. The zero-order chi connectivity index (χ0) is 21.1. The SMILES string of the molecule is CCS(=O)(=O)c1ccc(S(=O)(=O)N2CCCN(Cc3ccc(Cl)cc3)CC2)cc1. The van der Waals surface area contributed by atoms with Gasteiger partial charge >= 0.3 is 0 Å². The maximum absolute atomic E-state index is 13.0. The minimum absolute atomic E-state index is 0.0192. The van der Waals surface area contributed by atoms with Crippen LogP contribution in [0, 0.1) is 0 Å². The van der Waals surface area contributed by atoms with Crippen molar-refractivity contribution >= 4 is 31.5 Å². The van der Waals surface area contributed by atoms with Crippen LogP contribution >= 0.6 is 11.6 Å². The molecular formula is C20H25ClN2O4S2. The van der Waals surface area contributed by atoms with Crippen LogP contribution in [0.5, 0.6) is 0 Å². The lowest BCUT2D eigenvalue weighted by atomic mass is 10.2. The van der Waals surface area contributed by atoms with E-state index in [0.717, 1.165) is 25.1 Å². The largest absolute Gasteiger partial charge is 0.298 e. The van der Waals surface area contributed by atoms with Crippen molar-refractivity contribution in [3.05, 3.63) is 59.1 Å². The van der Waals surface area contributed by atoms with E-state index in [-0.39, 0.29) is 15.5 Å². The van der Waals surface area contributed by atoms with E-state index in [2.05, 4.69) is 4.90 Å². The monoisotopic (exact) mass is 456 g/mol. The minimum Gasteiger partial charge on any atom is -0.298 e. The number of halogens is 1. The molecule has 0 aliphatic carbocycles. The highest BCUT2D eigenvalue weighted by atomic mass is 35.5. The number of sulfonamides is 1. The van der Waals surface area contributed by atoms with Crippen LogP contribution in [0.3, 0.4) is 0 Å². The first-order valence-electron chi connectivity index (χ1n) is 9.52. The molecule has 1 heterocycles. The standard InChI is InChI=1S/C20H25ClN2O4S2/c1-2-28(24,25)19-8-10-20(11-9-19)29(26,27)23-13-3-12-22(14-15-23)16-17-4-6-18(21)7-5-17/h4-11H,2-3,12-16H2,1H3. The van der Waals surface area contributed by atoms with Crippen LogP contribution in [0.1, 0.15) is 18.9 Å². The van der Waals surface area contributed by atoms with Crippen molar-refractivity contribution in [3.63, 3.8) is 0 Å². The van der Waals surface area contributed by atoms with Crippen LogP contribution in [0.4, 0.5) is 0 Å². The first-order chi connectivity index (χ1) is 13.7. The van der Waals surface area contributed by atoms with Gasteiger partial charge in [0.1, 0.15) is 0 Å². The second-order valence-electron chi connectivity index (χ2n) is 7.04. The van der Waals surface area contributed by atoms with Crippen molar-refractivity contribution < 1.29 is 16.8 Å². The fraction of sp³-hybridized carbons (Fsp3) is 0.400. The zero-order valence-corrected chi connectivity index (χ0v) is 18.7. The summed E-state index contributed by atoms with van der Waals surface area (Å²) in [5.41, 5.74) is 1.14. The van der Waals surface area contributed by atoms with E-state index in [9.17, 15) is 16.8 Å². The van der Waals surface area contributed by atoms with Crippen molar-refractivity contribution in [2.45, 2.75) is 29.7 Å². The molecule has 0 amide bonds. The summed E-state index contributed by atoms with van der Waals surface area (Å²) < 4.78 is 51.4. The fourth-order valence-electron chi connectivity index (χ4n) is 3.33. The lowest BCUT2D eigenvalue weighted by molar-refractivity contribution is 0.278. The molecular weight excluding hydrogens is 432 g/mol. The molecule has 2 aromatic carbocycles. The van der Waals surface area contributed by atoms with Crippen LogP contribution in [0.15, 0.2) is 58.3 Å². The van der Waals surface area contributed by atoms with E-state index in [4.69, 9.17) is 11.6 Å². The second kappa shape index (κ2) is 9.14. The topological polar surface area (TPSA) is 74.8 Å². The summed E-state index contributed by atoms with van der Waals surface area (Å²) >= 11 is 5.93. The normalized spacial score (nSPS) is 17.2. The predicted octanol–water partition coefficient (Wildman–Crippen LogP) is 3.03. The third-order valence-electron chi connectivity index (χ3n) is 5.07. The highest BCUT2D eigenvalue weighted by molar-refractivity contribution is 7.91. The molecule has 1 aliphatic rings. The van der Waals surface area contributed by atoms with Gasteiger partial charge in [-0.3, -0.25) is 4.90 Å². The van der Waals surface area contributed by atoms with Gasteiger partial charge < -0.3 is 0 Å². The number of hydrogen-bond donors (Lipinski definition) is 0. The Labute approximate surface area is 178 Å². The Kier molecular flexibility index (Phi) is 7.01. The van der Waals surface area contributed by atoms with Gasteiger partial charge in [0, 0.05) is 31.2 Å². The average molecular weight is 457 g/mol. The summed E-state index contributed by atoms with van der Waals surface area (Å²) in [6, 6.07) is 13.2. The summed E-state index contributed by atoms with van der Waals surface area (Å²) in [5.74, 6) is -0.0192. The van der Waals surface area contributed by atoms with Crippen LogP contribution in [-0.4, -0.2) is 58.0 Å². The lowest BCUT2D eigenvalue weighted by Gasteiger charge is -2.22. The van der Waals surface area contributed by atoms with Gasteiger partial charge in [-0.25, -0.2) is 16.8 Å². The van der Waals surface area contributed by atoms with Gasteiger partial charge in [-0.15, -0.1) is 0 Å². The molecule has 2 aromatic rings. The molecule has 0 saturated carbocycles. The predicted molar refractivity (Wildman–Crippen MR) is 114 cm³/mol. The van der Waals surface area contributed by atoms with Crippen molar-refractivity contribution in [1.29, 1.82) is 0 Å². The summed E-state index contributed by atoms with van der Waals surface area (Å²) in [5, 5.41) is 0.694. The molecule has 0 bridgehead atoms. The van der Waals surface area contributed by atoms with E-state index in [1.807, 2.05) is 24.3 Å². The van der Waals surface area contributed by atoms with Crippen molar-refractivity contribution in [1.82, 2.24) is 9.21 Å². The summed E-state index contributed by atoms with van der Waals surface area (Å²) in [6.45, 7) is 4.58. The van der Waals surface area contributed by atoms with E-state index in [1.54, 1.807) is 6.92 Å². The van der Waals surface area contributed by atoms with Crippen molar-refractivity contribution in [2.75, 3.05) is 31.9 Å². The van der Waals surface area contributed by atoms with Crippen molar-refractivity contribution in [3.8, 4) is 0 Å². The van der Waals surface area contributed by atoms with Crippen LogP contribution < -0.4 is 0 Å². The molecule has 6 nitrogen and oxygen atoms in total. The Bertz CT molecular complexity index is 1040. The number of benzene rings is 2. The molecule has 3 rings (SSSR count). The third kappa shape index (κ3) is 5.38.